The zero-order valence-corrected chi connectivity index (χ0v) is 11.1. The molecule has 15 heavy (non-hydrogen) atoms. The van der Waals surface area contributed by atoms with Gasteiger partial charge in [-0.3, -0.25) is 0 Å². The van der Waals surface area contributed by atoms with Gasteiger partial charge in [-0.15, -0.1) is 0 Å². The van der Waals surface area contributed by atoms with Gasteiger partial charge in [-0.25, -0.2) is 0 Å². The fourth-order valence-electron chi connectivity index (χ4n) is 1.26. The van der Waals surface area contributed by atoms with E-state index in [-0.39, 0.29) is 0 Å². The van der Waals surface area contributed by atoms with E-state index in [1.807, 2.05) is 19.2 Å². The Bertz CT molecular complexity index is 182. The lowest BCUT2D eigenvalue weighted by Crippen LogP contribution is -2.38. The number of rotatable bonds is 7. The quantitative estimate of drug-likeness (QED) is 0.673. The van der Waals surface area contributed by atoms with Crippen LogP contribution < -0.4 is 5.32 Å². The van der Waals surface area contributed by atoms with Crippen LogP contribution in [0.2, 0.25) is 0 Å². The van der Waals surface area contributed by atoms with Gasteiger partial charge >= 0.3 is 0 Å². The molecule has 0 aliphatic carbocycles. The Hall–Kier alpha value is -0.570. The van der Waals surface area contributed by atoms with Gasteiger partial charge in [0.25, 0.3) is 0 Å². The van der Waals surface area contributed by atoms with E-state index in [0.29, 0.717) is 0 Å². The fraction of sp³-hybridized carbons (Fsp3) is 0.750. The molecule has 0 fully saturated rings. The summed E-state index contributed by atoms with van der Waals surface area (Å²) in [5.74, 6) is 0. The first kappa shape index (κ1) is 14.4. The Kier molecular flexibility index (Phi) is 9.59. The Labute approximate surface area is 99.7 Å². The summed E-state index contributed by atoms with van der Waals surface area (Å²) in [6.45, 7) is 8.54. The summed E-state index contributed by atoms with van der Waals surface area (Å²) in [4.78, 5) is 2.27. The standard InChI is InChI=1S/C12H24N2S/c1-4-7-10-14(11-8-5-2)12(15)13-9-6-3/h6,9H,4-5,7-8,10-11H2,1-3H3,(H,13,15)/b9-6+. The van der Waals surface area contributed by atoms with Crippen LogP contribution in [-0.2, 0) is 0 Å². The van der Waals surface area contributed by atoms with E-state index >= 15 is 0 Å². The molecule has 0 rings (SSSR count). The van der Waals surface area contributed by atoms with Crippen molar-refractivity contribution in [2.45, 2.75) is 46.5 Å². The van der Waals surface area contributed by atoms with E-state index in [2.05, 4.69) is 24.1 Å². The van der Waals surface area contributed by atoms with Gasteiger partial charge in [0.15, 0.2) is 5.11 Å². The van der Waals surface area contributed by atoms with Gasteiger partial charge in [-0.2, -0.15) is 0 Å². The molecule has 3 heteroatoms. The SMILES string of the molecule is C/C=C/NC(=S)N(CCCC)CCCC. The number of hydrogen-bond acceptors (Lipinski definition) is 1. The maximum Gasteiger partial charge on any atom is 0.172 e. The average Bonchev–Trinajstić information content (AvgIpc) is 2.26. The number of thiocarbonyl (C=S) groups is 1. The summed E-state index contributed by atoms with van der Waals surface area (Å²) in [5, 5.41) is 3.98. The molecule has 0 heterocycles. The second kappa shape index (κ2) is 9.97. The summed E-state index contributed by atoms with van der Waals surface area (Å²) in [5.41, 5.74) is 0. The second-order valence-electron chi connectivity index (χ2n) is 3.64. The fourth-order valence-corrected chi connectivity index (χ4v) is 1.51. The van der Waals surface area contributed by atoms with Gasteiger partial charge in [0, 0.05) is 13.1 Å². The lowest BCUT2D eigenvalue weighted by atomic mass is 10.3. The Morgan fingerprint density at radius 1 is 1.20 bits per heavy atom. The largest absolute Gasteiger partial charge is 0.349 e. The number of allylic oxidation sites excluding steroid dienone is 1. The van der Waals surface area contributed by atoms with Gasteiger partial charge in [0.05, 0.1) is 0 Å². The summed E-state index contributed by atoms with van der Waals surface area (Å²) >= 11 is 5.33. The van der Waals surface area contributed by atoms with Gasteiger partial charge in [0.1, 0.15) is 0 Å². The Morgan fingerprint density at radius 2 is 1.73 bits per heavy atom. The van der Waals surface area contributed by atoms with Crippen molar-refractivity contribution >= 4 is 17.3 Å². The number of hydrogen-bond donors (Lipinski definition) is 1. The molecule has 0 aromatic heterocycles. The predicted octanol–water partition coefficient (Wildman–Crippen LogP) is 3.30. The molecule has 1 N–H and O–H groups in total. The van der Waals surface area contributed by atoms with Crippen LogP contribution in [0.3, 0.4) is 0 Å². The zero-order chi connectivity index (χ0) is 11.5. The van der Waals surface area contributed by atoms with Crippen molar-refractivity contribution in [3.05, 3.63) is 12.3 Å². The minimum Gasteiger partial charge on any atom is -0.349 e. The molecule has 0 radical (unpaired) electrons. The second-order valence-corrected chi connectivity index (χ2v) is 4.03. The first-order valence-electron chi connectivity index (χ1n) is 5.92. The van der Waals surface area contributed by atoms with Crippen LogP contribution >= 0.6 is 12.2 Å². The highest BCUT2D eigenvalue weighted by atomic mass is 32.1. The van der Waals surface area contributed by atoms with Crippen LogP contribution in [0.5, 0.6) is 0 Å². The molecule has 0 aliphatic rings. The maximum atomic E-state index is 5.33. The van der Waals surface area contributed by atoms with Crippen LogP contribution in [0.25, 0.3) is 0 Å². The third-order valence-electron chi connectivity index (χ3n) is 2.22. The van der Waals surface area contributed by atoms with E-state index in [9.17, 15) is 0 Å². The lowest BCUT2D eigenvalue weighted by Gasteiger charge is -2.24. The van der Waals surface area contributed by atoms with Crippen LogP contribution in [0, 0.1) is 0 Å². The van der Waals surface area contributed by atoms with E-state index in [1.54, 1.807) is 0 Å². The molecule has 0 aromatic carbocycles. The van der Waals surface area contributed by atoms with Crippen molar-refractivity contribution in [2.75, 3.05) is 13.1 Å². The molecule has 0 unspecified atom stereocenters. The van der Waals surface area contributed by atoms with Gasteiger partial charge in [-0.1, -0.05) is 32.8 Å². The summed E-state index contributed by atoms with van der Waals surface area (Å²) in [6.07, 6.45) is 8.71. The van der Waals surface area contributed by atoms with Crippen LogP contribution in [0.4, 0.5) is 0 Å². The number of nitrogens with zero attached hydrogens (tertiary/aromatic N) is 1. The van der Waals surface area contributed by atoms with E-state index < -0.39 is 0 Å². The van der Waals surface area contributed by atoms with E-state index in [1.165, 1.54) is 25.7 Å². The maximum absolute atomic E-state index is 5.33. The molecular formula is C12H24N2S. The molecule has 0 amide bonds. The molecular weight excluding hydrogens is 204 g/mol. The van der Waals surface area contributed by atoms with E-state index in [0.717, 1.165) is 18.2 Å². The van der Waals surface area contributed by atoms with Crippen molar-refractivity contribution in [3.63, 3.8) is 0 Å². The Balaban J connectivity index is 4.01. The first-order valence-corrected chi connectivity index (χ1v) is 6.33. The van der Waals surface area contributed by atoms with Crippen LogP contribution in [0.15, 0.2) is 12.3 Å². The highest BCUT2D eigenvalue weighted by Gasteiger charge is 2.06. The molecule has 88 valence electrons. The van der Waals surface area contributed by atoms with Crippen molar-refractivity contribution in [2.24, 2.45) is 0 Å². The monoisotopic (exact) mass is 228 g/mol. The third kappa shape index (κ3) is 7.37. The Morgan fingerprint density at radius 3 is 2.13 bits per heavy atom. The van der Waals surface area contributed by atoms with Gasteiger partial charge in [-0.05, 0) is 38.2 Å². The molecule has 0 saturated heterocycles. The van der Waals surface area contributed by atoms with Crippen LogP contribution in [0.1, 0.15) is 46.5 Å². The molecule has 0 atom stereocenters. The summed E-state index contributed by atoms with van der Waals surface area (Å²) < 4.78 is 0. The number of unbranched alkanes of at least 4 members (excludes halogenated alkanes) is 2. The van der Waals surface area contributed by atoms with Gasteiger partial charge < -0.3 is 10.2 Å². The lowest BCUT2D eigenvalue weighted by molar-refractivity contribution is 0.396. The third-order valence-corrected chi connectivity index (χ3v) is 2.60. The van der Waals surface area contributed by atoms with Crippen molar-refractivity contribution in [1.82, 2.24) is 10.2 Å². The highest BCUT2D eigenvalue weighted by Crippen LogP contribution is 2.00. The molecule has 0 spiro atoms. The highest BCUT2D eigenvalue weighted by molar-refractivity contribution is 7.80. The van der Waals surface area contributed by atoms with Crippen molar-refractivity contribution in [3.8, 4) is 0 Å². The first-order chi connectivity index (χ1) is 7.26. The molecule has 0 aromatic rings. The zero-order valence-electron chi connectivity index (χ0n) is 10.3. The minimum absolute atomic E-state index is 0.856. The van der Waals surface area contributed by atoms with Crippen molar-refractivity contribution in [1.29, 1.82) is 0 Å². The summed E-state index contributed by atoms with van der Waals surface area (Å²) in [7, 11) is 0. The average molecular weight is 228 g/mol. The molecule has 0 aliphatic heterocycles. The topological polar surface area (TPSA) is 15.3 Å². The van der Waals surface area contributed by atoms with E-state index in [4.69, 9.17) is 12.2 Å². The van der Waals surface area contributed by atoms with Gasteiger partial charge in [0.2, 0.25) is 0 Å². The van der Waals surface area contributed by atoms with Crippen molar-refractivity contribution < 1.29 is 0 Å². The summed E-state index contributed by atoms with van der Waals surface area (Å²) in [6, 6.07) is 0. The molecule has 0 saturated carbocycles. The minimum atomic E-state index is 0.856. The molecule has 2 nitrogen and oxygen atoms in total. The van der Waals surface area contributed by atoms with Crippen LogP contribution in [-0.4, -0.2) is 23.1 Å². The number of nitrogens with one attached hydrogen (secondary N) is 1. The normalized spacial score (nSPS) is 10.6. The smallest absolute Gasteiger partial charge is 0.172 e. The predicted molar refractivity (Wildman–Crippen MR) is 71.9 cm³/mol. The molecule has 0 bridgehead atoms.